The molecule has 3 N–H and O–H groups in total. The van der Waals surface area contributed by atoms with Crippen molar-refractivity contribution in [3.8, 4) is 0 Å². The van der Waals surface area contributed by atoms with Crippen LogP contribution in [0.4, 0.5) is 10.7 Å². The average molecular weight is 268 g/mol. The highest BCUT2D eigenvalue weighted by Crippen LogP contribution is 2.31. The van der Waals surface area contributed by atoms with Crippen LogP contribution in [0.25, 0.3) is 0 Å². The van der Waals surface area contributed by atoms with Crippen LogP contribution in [0.5, 0.6) is 0 Å². The fourth-order valence-electron chi connectivity index (χ4n) is 2.52. The zero-order chi connectivity index (χ0) is 13.6. The van der Waals surface area contributed by atoms with Gasteiger partial charge in [0, 0.05) is 12.0 Å². The minimum atomic E-state index is -0.754. The molecular weight excluding hydrogens is 252 g/mol. The summed E-state index contributed by atoms with van der Waals surface area (Å²) in [6, 6.07) is 1.54. The Morgan fingerprint density at radius 2 is 2.37 bits per heavy atom. The van der Waals surface area contributed by atoms with Crippen LogP contribution in [0, 0.1) is 6.92 Å². The lowest BCUT2D eigenvalue weighted by Gasteiger charge is -2.31. The van der Waals surface area contributed by atoms with Crippen molar-refractivity contribution < 1.29 is 24.2 Å². The summed E-state index contributed by atoms with van der Waals surface area (Å²) in [7, 11) is 0. The number of hydrogen-bond acceptors (Lipinski definition) is 5. The number of nitrogens with zero attached hydrogens (tertiary/aromatic N) is 1. The van der Waals surface area contributed by atoms with Crippen LogP contribution in [0.2, 0.25) is 0 Å². The van der Waals surface area contributed by atoms with Gasteiger partial charge in [-0.2, -0.15) is 0 Å². The van der Waals surface area contributed by atoms with Crippen LogP contribution in [0.15, 0.2) is 10.5 Å². The molecule has 0 aromatic carbocycles. The molecule has 0 radical (unpaired) electrons. The standard InChI is InChI=1S/C12H16N2O5/c1-6-2-7-4-14(12(17)13-11(7)18-6)10-3-8(16)9(5-15)19-10/h2,8-10,15-16H,3-5H2,1H3,(H,13,17)/t8-,9+,10+/m0/s1. The number of furan rings is 1. The van der Waals surface area contributed by atoms with Crippen LogP contribution < -0.4 is 5.32 Å². The Bertz CT molecular complexity index is 500. The monoisotopic (exact) mass is 268 g/mol. The van der Waals surface area contributed by atoms with Crippen molar-refractivity contribution in [1.82, 2.24) is 4.90 Å². The van der Waals surface area contributed by atoms with Crippen LogP contribution >= 0.6 is 0 Å². The number of aliphatic hydroxyl groups is 2. The molecule has 1 saturated heterocycles. The molecule has 104 valence electrons. The van der Waals surface area contributed by atoms with E-state index in [1.54, 1.807) is 0 Å². The number of urea groups is 1. The third-order valence-electron chi connectivity index (χ3n) is 3.49. The predicted molar refractivity (Wildman–Crippen MR) is 64.4 cm³/mol. The molecule has 3 atom stereocenters. The highest BCUT2D eigenvalue weighted by atomic mass is 16.5. The van der Waals surface area contributed by atoms with Gasteiger partial charge in [0.1, 0.15) is 18.1 Å². The SMILES string of the molecule is Cc1cc2c(o1)NC(=O)N([C@H]1C[C@H](O)[C@@H](CO)O1)C2. The van der Waals surface area contributed by atoms with Crippen molar-refractivity contribution in [2.75, 3.05) is 11.9 Å². The third-order valence-corrected chi connectivity index (χ3v) is 3.49. The van der Waals surface area contributed by atoms with Crippen LogP contribution in [-0.4, -0.2) is 46.2 Å². The van der Waals surface area contributed by atoms with Gasteiger partial charge < -0.3 is 19.4 Å². The largest absolute Gasteiger partial charge is 0.445 e. The van der Waals surface area contributed by atoms with E-state index in [1.165, 1.54) is 4.90 Å². The number of ether oxygens (including phenoxy) is 1. The molecule has 2 amide bonds. The number of anilines is 1. The minimum absolute atomic E-state index is 0.261. The van der Waals surface area contributed by atoms with Gasteiger partial charge in [-0.05, 0) is 13.0 Å². The number of fused-ring (bicyclic) bond motifs is 1. The molecule has 2 aliphatic rings. The van der Waals surface area contributed by atoms with E-state index in [1.807, 2.05) is 13.0 Å². The molecule has 0 unspecified atom stereocenters. The second kappa shape index (κ2) is 4.52. The molecule has 7 nitrogen and oxygen atoms in total. The van der Waals surface area contributed by atoms with Gasteiger partial charge in [-0.25, -0.2) is 4.79 Å². The summed E-state index contributed by atoms with van der Waals surface area (Å²) in [6.07, 6.45) is -1.62. The van der Waals surface area contributed by atoms with Crippen LogP contribution in [0.3, 0.4) is 0 Å². The third kappa shape index (κ3) is 2.09. The van der Waals surface area contributed by atoms with E-state index in [9.17, 15) is 9.90 Å². The van der Waals surface area contributed by atoms with Gasteiger partial charge >= 0.3 is 6.03 Å². The molecule has 7 heteroatoms. The maximum atomic E-state index is 12.0. The smallest absolute Gasteiger partial charge is 0.326 e. The molecule has 0 spiro atoms. The number of aliphatic hydroxyl groups excluding tert-OH is 2. The number of rotatable bonds is 2. The van der Waals surface area contributed by atoms with E-state index in [0.29, 0.717) is 18.8 Å². The van der Waals surface area contributed by atoms with Gasteiger partial charge in [0.15, 0.2) is 0 Å². The van der Waals surface area contributed by atoms with E-state index < -0.39 is 18.4 Å². The average Bonchev–Trinajstić information content (AvgIpc) is 2.89. The Morgan fingerprint density at radius 1 is 1.58 bits per heavy atom. The fraction of sp³-hybridized carbons (Fsp3) is 0.583. The van der Waals surface area contributed by atoms with Crippen molar-refractivity contribution in [2.24, 2.45) is 0 Å². The summed E-state index contributed by atoms with van der Waals surface area (Å²) in [5.74, 6) is 1.20. The highest BCUT2D eigenvalue weighted by molar-refractivity contribution is 5.90. The first-order valence-electron chi connectivity index (χ1n) is 6.20. The summed E-state index contributed by atoms with van der Waals surface area (Å²) in [5, 5.41) is 21.4. The van der Waals surface area contributed by atoms with Crippen molar-refractivity contribution in [2.45, 2.75) is 38.3 Å². The van der Waals surface area contributed by atoms with Crippen molar-refractivity contribution in [3.05, 3.63) is 17.4 Å². The summed E-state index contributed by atoms with van der Waals surface area (Å²) in [5.41, 5.74) is 0.877. The summed E-state index contributed by atoms with van der Waals surface area (Å²) in [6.45, 7) is 1.92. The fourth-order valence-corrected chi connectivity index (χ4v) is 2.52. The van der Waals surface area contributed by atoms with Gasteiger partial charge in [0.2, 0.25) is 5.88 Å². The molecule has 1 fully saturated rings. The highest BCUT2D eigenvalue weighted by Gasteiger charge is 2.40. The number of carbonyl (C=O) groups excluding carboxylic acids is 1. The first-order chi connectivity index (χ1) is 9.08. The second-order valence-electron chi connectivity index (χ2n) is 4.88. The van der Waals surface area contributed by atoms with Gasteiger partial charge in [0.25, 0.3) is 0 Å². The molecule has 3 heterocycles. The molecule has 0 saturated carbocycles. The molecule has 0 aliphatic carbocycles. The Labute approximate surface area is 109 Å². The summed E-state index contributed by atoms with van der Waals surface area (Å²) < 4.78 is 10.9. The maximum absolute atomic E-state index is 12.0. The Hall–Kier alpha value is -1.57. The predicted octanol–water partition coefficient (Wildman–Crippen LogP) is 0.404. The van der Waals surface area contributed by atoms with E-state index in [4.69, 9.17) is 14.3 Å². The molecule has 0 bridgehead atoms. The first-order valence-corrected chi connectivity index (χ1v) is 6.20. The van der Waals surface area contributed by atoms with Gasteiger partial charge in [-0.15, -0.1) is 0 Å². The maximum Gasteiger partial charge on any atom is 0.326 e. The summed E-state index contributed by atoms with van der Waals surface area (Å²) in [4.78, 5) is 13.5. The van der Waals surface area contributed by atoms with E-state index in [0.717, 1.165) is 11.3 Å². The van der Waals surface area contributed by atoms with Gasteiger partial charge in [-0.1, -0.05) is 0 Å². The Kier molecular flexibility index (Phi) is 2.96. The molecular formula is C12H16N2O5. The van der Waals surface area contributed by atoms with Crippen molar-refractivity contribution in [3.63, 3.8) is 0 Å². The summed E-state index contributed by atoms with van der Waals surface area (Å²) >= 11 is 0. The van der Waals surface area contributed by atoms with Gasteiger partial charge in [-0.3, -0.25) is 10.2 Å². The van der Waals surface area contributed by atoms with Crippen LogP contribution in [-0.2, 0) is 11.3 Å². The number of carbonyl (C=O) groups is 1. The topological polar surface area (TPSA) is 95.2 Å². The first kappa shape index (κ1) is 12.5. The number of nitrogens with one attached hydrogen (secondary N) is 1. The molecule has 3 rings (SSSR count). The van der Waals surface area contributed by atoms with E-state index in [-0.39, 0.29) is 12.6 Å². The molecule has 1 aromatic rings. The number of hydrogen-bond donors (Lipinski definition) is 3. The molecule has 19 heavy (non-hydrogen) atoms. The Balaban J connectivity index is 1.78. The van der Waals surface area contributed by atoms with E-state index >= 15 is 0 Å². The molecule has 1 aromatic heterocycles. The quantitative estimate of drug-likeness (QED) is 0.722. The van der Waals surface area contributed by atoms with Gasteiger partial charge in [0.05, 0.1) is 19.3 Å². The molecule has 2 aliphatic heterocycles. The lowest BCUT2D eigenvalue weighted by molar-refractivity contribution is -0.0654. The van der Waals surface area contributed by atoms with Crippen LogP contribution in [0.1, 0.15) is 17.7 Å². The lowest BCUT2D eigenvalue weighted by atomic mass is 10.1. The lowest BCUT2D eigenvalue weighted by Crippen LogP contribution is -2.45. The zero-order valence-electron chi connectivity index (χ0n) is 10.5. The Morgan fingerprint density at radius 3 is 3.05 bits per heavy atom. The minimum Gasteiger partial charge on any atom is -0.445 e. The number of amides is 2. The van der Waals surface area contributed by atoms with Crippen molar-refractivity contribution in [1.29, 1.82) is 0 Å². The second-order valence-corrected chi connectivity index (χ2v) is 4.88. The zero-order valence-corrected chi connectivity index (χ0v) is 10.5. The normalized spacial score (nSPS) is 30.4. The van der Waals surface area contributed by atoms with Crippen molar-refractivity contribution >= 4 is 11.9 Å². The number of aryl methyl sites for hydroxylation is 1. The van der Waals surface area contributed by atoms with E-state index in [2.05, 4.69) is 5.32 Å².